The molecule has 1 saturated carbocycles. The van der Waals surface area contributed by atoms with Crippen molar-refractivity contribution in [2.24, 2.45) is 0 Å². The monoisotopic (exact) mass is 408 g/mol. The summed E-state index contributed by atoms with van der Waals surface area (Å²) in [6.07, 6.45) is 10.1. The molecule has 0 heterocycles. The van der Waals surface area contributed by atoms with Gasteiger partial charge in [-0.2, -0.15) is 0 Å². The maximum absolute atomic E-state index is 12.6. The van der Waals surface area contributed by atoms with E-state index in [4.69, 9.17) is 0 Å². The van der Waals surface area contributed by atoms with Crippen LogP contribution < -0.4 is 0 Å². The first-order valence-corrected chi connectivity index (χ1v) is 10.2. The second-order valence-corrected chi connectivity index (χ2v) is 8.16. The summed E-state index contributed by atoms with van der Waals surface area (Å²) in [7, 11) is 0. The second kappa shape index (κ2) is 9.14. The third-order valence-corrected chi connectivity index (χ3v) is 5.56. The van der Waals surface area contributed by atoms with Gasteiger partial charge in [-0.15, -0.1) is 0 Å². The van der Waals surface area contributed by atoms with Gasteiger partial charge in [-0.25, -0.2) is 0 Å². The summed E-state index contributed by atoms with van der Waals surface area (Å²) in [5.74, 6) is 0.717. The van der Waals surface area contributed by atoms with Crippen molar-refractivity contribution in [3.63, 3.8) is 0 Å². The topological polar surface area (TPSA) is 17.1 Å². The first kappa shape index (κ1) is 18.8. The van der Waals surface area contributed by atoms with Crippen molar-refractivity contribution in [2.75, 3.05) is 0 Å². The molecule has 26 heavy (non-hydrogen) atoms. The molecule has 3 rings (SSSR count). The fraction of sp³-hybridized carbons (Fsp3) is 0.292. The second-order valence-electron chi connectivity index (χ2n) is 6.97. The van der Waals surface area contributed by atoms with E-state index in [1.54, 1.807) is 6.08 Å². The molecule has 1 fully saturated rings. The first-order chi connectivity index (χ1) is 12.6. The molecule has 2 heteroatoms. The lowest BCUT2D eigenvalue weighted by molar-refractivity contribution is 0.104. The van der Waals surface area contributed by atoms with Gasteiger partial charge in [-0.05, 0) is 59.0 Å². The van der Waals surface area contributed by atoms with Crippen LogP contribution in [0.2, 0.25) is 0 Å². The molecule has 1 nitrogen and oxygen atoms in total. The summed E-state index contributed by atoms with van der Waals surface area (Å²) in [5, 5.41) is 0. The van der Waals surface area contributed by atoms with Crippen molar-refractivity contribution in [1.82, 2.24) is 0 Å². The lowest BCUT2D eigenvalue weighted by Crippen LogP contribution is -2.05. The minimum atomic E-state index is 0.0439. The maximum atomic E-state index is 12.6. The van der Waals surface area contributed by atoms with Crippen molar-refractivity contribution < 1.29 is 4.79 Å². The summed E-state index contributed by atoms with van der Waals surface area (Å²) >= 11 is 3.55. The molecule has 134 valence electrons. The van der Waals surface area contributed by atoms with Crippen LogP contribution in [0.3, 0.4) is 0 Å². The van der Waals surface area contributed by atoms with Crippen molar-refractivity contribution in [3.05, 3.63) is 87.9 Å². The van der Waals surface area contributed by atoms with E-state index < -0.39 is 0 Å². The molecule has 0 N–H and O–H groups in total. The molecule has 0 saturated heterocycles. The number of rotatable bonds is 5. The van der Waals surface area contributed by atoms with Crippen molar-refractivity contribution in [1.29, 1.82) is 0 Å². The smallest absolute Gasteiger partial charge is 0.185 e. The molecule has 2 aromatic rings. The van der Waals surface area contributed by atoms with E-state index in [2.05, 4.69) is 28.1 Å². The normalized spacial score (nSPS) is 16.5. The quantitative estimate of drug-likeness (QED) is 0.288. The Hall–Kier alpha value is -1.93. The van der Waals surface area contributed by atoms with Crippen LogP contribution in [0.15, 0.2) is 71.2 Å². The summed E-state index contributed by atoms with van der Waals surface area (Å²) in [4.78, 5) is 12.6. The molecular formula is C24H25BrO. The van der Waals surface area contributed by atoms with E-state index in [-0.39, 0.29) is 5.78 Å². The highest BCUT2D eigenvalue weighted by atomic mass is 79.9. The van der Waals surface area contributed by atoms with Crippen LogP contribution in [0, 0.1) is 0 Å². The maximum Gasteiger partial charge on any atom is 0.185 e. The van der Waals surface area contributed by atoms with Crippen molar-refractivity contribution >= 4 is 27.3 Å². The van der Waals surface area contributed by atoms with E-state index >= 15 is 0 Å². The standard InChI is InChI=1S/C24H25BrO/c1-18(25)23(21-10-6-3-7-11-21)16-17-24(26)22-14-12-20(13-15-22)19-8-4-2-5-9-19/h3,6-7,10-17,19H,2,4-5,8-9H2,1H3. The van der Waals surface area contributed by atoms with Gasteiger partial charge in [0.2, 0.25) is 0 Å². The fourth-order valence-corrected chi connectivity index (χ4v) is 4.00. The average molecular weight is 409 g/mol. The van der Waals surface area contributed by atoms with Crippen molar-refractivity contribution in [2.45, 2.75) is 44.9 Å². The summed E-state index contributed by atoms with van der Waals surface area (Å²) in [6.45, 7) is 2.00. The Labute approximate surface area is 165 Å². The summed E-state index contributed by atoms with van der Waals surface area (Å²) in [6, 6.07) is 18.3. The minimum Gasteiger partial charge on any atom is -0.289 e. The van der Waals surface area contributed by atoms with E-state index in [1.807, 2.05) is 55.5 Å². The summed E-state index contributed by atoms with van der Waals surface area (Å²) < 4.78 is 1.01. The Kier molecular flexibility index (Phi) is 6.62. The number of ketones is 1. The molecule has 0 aliphatic heterocycles. The van der Waals surface area contributed by atoms with Gasteiger partial charge in [-0.3, -0.25) is 4.79 Å². The Morgan fingerprint density at radius 3 is 2.15 bits per heavy atom. The molecule has 0 amide bonds. The van der Waals surface area contributed by atoms with Crippen LogP contribution in [0.4, 0.5) is 0 Å². The highest BCUT2D eigenvalue weighted by Crippen LogP contribution is 2.32. The minimum absolute atomic E-state index is 0.0439. The molecule has 0 unspecified atom stereocenters. The Morgan fingerprint density at radius 2 is 1.54 bits per heavy atom. The van der Waals surface area contributed by atoms with Gasteiger partial charge in [0.15, 0.2) is 5.78 Å². The van der Waals surface area contributed by atoms with Gasteiger partial charge in [0, 0.05) is 5.56 Å². The van der Waals surface area contributed by atoms with E-state index in [0.29, 0.717) is 5.92 Å². The van der Waals surface area contributed by atoms with Gasteiger partial charge >= 0.3 is 0 Å². The number of allylic oxidation sites excluding steroid dienone is 4. The molecule has 1 aliphatic rings. The van der Waals surface area contributed by atoms with Crippen LogP contribution in [-0.4, -0.2) is 5.78 Å². The largest absolute Gasteiger partial charge is 0.289 e. The third kappa shape index (κ3) is 4.82. The molecule has 0 atom stereocenters. The number of carbonyl (C=O) groups is 1. The van der Waals surface area contributed by atoms with Gasteiger partial charge in [0.1, 0.15) is 0 Å². The molecule has 1 aliphatic carbocycles. The van der Waals surface area contributed by atoms with E-state index in [9.17, 15) is 4.79 Å². The molecular weight excluding hydrogens is 384 g/mol. The van der Waals surface area contributed by atoms with E-state index in [1.165, 1.54) is 37.7 Å². The number of carbonyl (C=O) groups excluding carboxylic acids is 1. The van der Waals surface area contributed by atoms with Crippen LogP contribution in [0.5, 0.6) is 0 Å². The third-order valence-electron chi connectivity index (χ3n) is 5.13. The van der Waals surface area contributed by atoms with Gasteiger partial charge < -0.3 is 0 Å². The number of benzene rings is 2. The number of halogens is 1. The molecule has 0 spiro atoms. The highest BCUT2D eigenvalue weighted by Gasteiger charge is 2.15. The number of hydrogen-bond donors (Lipinski definition) is 0. The highest BCUT2D eigenvalue weighted by molar-refractivity contribution is 9.11. The SMILES string of the molecule is CC(Br)=C(C=CC(=O)c1ccc(C2CCCCC2)cc1)c1ccccc1. The molecule has 0 radical (unpaired) electrons. The Bertz CT molecular complexity index is 790. The molecule has 0 bridgehead atoms. The van der Waals surface area contributed by atoms with Crippen LogP contribution in [0.25, 0.3) is 5.57 Å². The zero-order chi connectivity index (χ0) is 18.4. The van der Waals surface area contributed by atoms with Gasteiger partial charge in [0.25, 0.3) is 0 Å². The lowest BCUT2D eigenvalue weighted by atomic mass is 9.84. The predicted octanol–water partition coefficient (Wildman–Crippen LogP) is 7.30. The van der Waals surface area contributed by atoms with Crippen LogP contribution in [0.1, 0.15) is 66.4 Å². The van der Waals surface area contributed by atoms with Gasteiger partial charge in [0.05, 0.1) is 0 Å². The summed E-state index contributed by atoms with van der Waals surface area (Å²) in [5.41, 5.74) is 4.25. The Balaban J connectivity index is 1.72. The van der Waals surface area contributed by atoms with Crippen molar-refractivity contribution in [3.8, 4) is 0 Å². The zero-order valence-corrected chi connectivity index (χ0v) is 16.8. The van der Waals surface area contributed by atoms with Crippen LogP contribution >= 0.6 is 15.9 Å². The van der Waals surface area contributed by atoms with E-state index in [0.717, 1.165) is 21.2 Å². The first-order valence-electron chi connectivity index (χ1n) is 9.39. The zero-order valence-electron chi connectivity index (χ0n) is 15.2. The molecule has 0 aromatic heterocycles. The van der Waals surface area contributed by atoms with Gasteiger partial charge in [-0.1, -0.05) is 89.8 Å². The lowest BCUT2D eigenvalue weighted by Gasteiger charge is -2.21. The van der Waals surface area contributed by atoms with Crippen LogP contribution in [-0.2, 0) is 0 Å². The molecule has 2 aromatic carbocycles. The number of hydrogen-bond acceptors (Lipinski definition) is 1. The fourth-order valence-electron chi connectivity index (χ4n) is 3.64. The Morgan fingerprint density at radius 1 is 0.885 bits per heavy atom. The average Bonchev–Trinajstić information content (AvgIpc) is 2.69. The predicted molar refractivity (Wildman–Crippen MR) is 114 cm³/mol.